The molecule has 1 unspecified atom stereocenters. The van der Waals surface area contributed by atoms with Gasteiger partial charge in [0.15, 0.2) is 0 Å². The first-order valence-corrected chi connectivity index (χ1v) is 7.83. The van der Waals surface area contributed by atoms with Gasteiger partial charge in [-0.1, -0.05) is 43.1 Å². The molecule has 0 spiro atoms. The predicted octanol–water partition coefficient (Wildman–Crippen LogP) is 3.44. The van der Waals surface area contributed by atoms with Crippen molar-refractivity contribution in [3.05, 3.63) is 34.6 Å². The van der Waals surface area contributed by atoms with Crippen molar-refractivity contribution in [2.24, 2.45) is 11.7 Å². The lowest BCUT2D eigenvalue weighted by Crippen LogP contribution is -2.48. The van der Waals surface area contributed by atoms with Crippen LogP contribution in [0.4, 0.5) is 4.39 Å². The Morgan fingerprint density at radius 1 is 1.38 bits per heavy atom. The molecule has 3 nitrogen and oxygen atoms in total. The predicted molar refractivity (Wildman–Crippen MR) is 86.0 cm³/mol. The Bertz CT molecular complexity index is 546. The van der Waals surface area contributed by atoms with E-state index in [0.717, 1.165) is 31.7 Å². The average molecular weight is 329 g/mol. The Labute approximate surface area is 134 Å². The van der Waals surface area contributed by atoms with Crippen molar-refractivity contribution in [1.82, 2.24) is 5.32 Å². The van der Waals surface area contributed by atoms with E-state index in [1.54, 1.807) is 0 Å². The van der Waals surface area contributed by atoms with Crippen LogP contribution in [0.2, 0.25) is 5.02 Å². The van der Waals surface area contributed by atoms with Crippen LogP contribution in [0.25, 0.3) is 0 Å². The number of amides is 1. The highest BCUT2D eigenvalue weighted by Crippen LogP contribution is 2.27. The van der Waals surface area contributed by atoms with E-state index in [2.05, 4.69) is 5.32 Å². The highest BCUT2D eigenvalue weighted by atomic mass is 35.5. The molecule has 1 amide bonds. The van der Waals surface area contributed by atoms with E-state index in [-0.39, 0.29) is 33.4 Å². The molecule has 0 aromatic heterocycles. The van der Waals surface area contributed by atoms with Crippen LogP contribution in [0, 0.1) is 11.7 Å². The largest absolute Gasteiger partial charge is 0.392 e. The van der Waals surface area contributed by atoms with Crippen LogP contribution in [0.3, 0.4) is 0 Å². The molecule has 2 rings (SSSR count). The van der Waals surface area contributed by atoms with E-state index in [4.69, 9.17) is 29.6 Å². The molecule has 0 aliphatic heterocycles. The number of carbonyl (C=O) groups is 1. The van der Waals surface area contributed by atoms with E-state index in [1.807, 2.05) is 0 Å². The van der Waals surface area contributed by atoms with Crippen LogP contribution < -0.4 is 11.1 Å². The Morgan fingerprint density at radius 3 is 2.62 bits per heavy atom. The number of nitrogens with two attached hydrogens (primary N) is 1. The SMILES string of the molecule is NC(=S)C(NC(=O)c1ccc(F)cc1Cl)C1CCCCC1. The maximum atomic E-state index is 13.0. The third kappa shape index (κ3) is 4.14. The zero-order chi connectivity index (χ0) is 15.4. The standard InChI is InChI=1S/C15H18ClFN2OS/c16-12-8-10(17)6-7-11(12)15(20)19-13(14(18)21)9-4-2-1-3-5-9/h6-9,13H,1-5H2,(H2,18,21)(H,19,20). The number of nitrogens with one attached hydrogen (secondary N) is 1. The molecule has 0 saturated heterocycles. The second-order valence-electron chi connectivity index (χ2n) is 5.38. The molecule has 21 heavy (non-hydrogen) atoms. The fourth-order valence-electron chi connectivity index (χ4n) is 2.78. The molecule has 1 fully saturated rings. The van der Waals surface area contributed by atoms with Gasteiger partial charge in [0.2, 0.25) is 0 Å². The molecule has 0 radical (unpaired) electrons. The molecule has 1 aliphatic rings. The smallest absolute Gasteiger partial charge is 0.253 e. The third-order valence-corrected chi connectivity index (χ3v) is 4.46. The van der Waals surface area contributed by atoms with Gasteiger partial charge in [0, 0.05) is 0 Å². The first-order chi connectivity index (χ1) is 9.99. The van der Waals surface area contributed by atoms with Gasteiger partial charge < -0.3 is 11.1 Å². The van der Waals surface area contributed by atoms with Crippen LogP contribution in [-0.2, 0) is 0 Å². The second-order valence-corrected chi connectivity index (χ2v) is 6.25. The van der Waals surface area contributed by atoms with Gasteiger partial charge in [-0.15, -0.1) is 0 Å². The summed E-state index contributed by atoms with van der Waals surface area (Å²) in [6.45, 7) is 0. The van der Waals surface area contributed by atoms with Crippen molar-refractivity contribution in [2.45, 2.75) is 38.1 Å². The number of halogens is 2. The highest BCUT2D eigenvalue weighted by Gasteiger charge is 2.28. The average Bonchev–Trinajstić information content (AvgIpc) is 2.45. The Hall–Kier alpha value is -1.20. The van der Waals surface area contributed by atoms with Gasteiger partial charge in [0.25, 0.3) is 5.91 Å². The number of carbonyl (C=O) groups excluding carboxylic acids is 1. The maximum Gasteiger partial charge on any atom is 0.253 e. The van der Waals surface area contributed by atoms with Gasteiger partial charge in [-0.05, 0) is 37.0 Å². The minimum atomic E-state index is -0.477. The summed E-state index contributed by atoms with van der Waals surface area (Å²) in [5.41, 5.74) is 6.01. The maximum absolute atomic E-state index is 13.0. The fourth-order valence-corrected chi connectivity index (χ4v) is 3.29. The molecule has 0 bridgehead atoms. The van der Waals surface area contributed by atoms with E-state index < -0.39 is 5.82 Å². The van der Waals surface area contributed by atoms with Crippen LogP contribution >= 0.6 is 23.8 Å². The van der Waals surface area contributed by atoms with Gasteiger partial charge >= 0.3 is 0 Å². The molecule has 1 saturated carbocycles. The first-order valence-electron chi connectivity index (χ1n) is 7.04. The lowest BCUT2D eigenvalue weighted by molar-refractivity contribution is 0.0932. The lowest BCUT2D eigenvalue weighted by Gasteiger charge is -2.30. The molecule has 1 aromatic rings. The normalized spacial score (nSPS) is 17.2. The first kappa shape index (κ1) is 16.2. The van der Waals surface area contributed by atoms with Crippen molar-refractivity contribution in [3.63, 3.8) is 0 Å². The second kappa shape index (κ2) is 7.18. The van der Waals surface area contributed by atoms with E-state index in [1.165, 1.54) is 18.6 Å². The fraction of sp³-hybridized carbons (Fsp3) is 0.467. The molecular weight excluding hydrogens is 311 g/mol. The topological polar surface area (TPSA) is 55.1 Å². The summed E-state index contributed by atoms with van der Waals surface area (Å²) in [4.78, 5) is 12.6. The van der Waals surface area contributed by atoms with Crippen molar-refractivity contribution in [3.8, 4) is 0 Å². The van der Waals surface area contributed by atoms with Gasteiger partial charge in [0.05, 0.1) is 21.6 Å². The Kier molecular flexibility index (Phi) is 5.53. The number of hydrogen-bond donors (Lipinski definition) is 2. The zero-order valence-electron chi connectivity index (χ0n) is 11.6. The molecule has 3 N–H and O–H groups in total. The van der Waals surface area contributed by atoms with Gasteiger partial charge in [-0.25, -0.2) is 4.39 Å². The minimum absolute atomic E-state index is 0.0813. The van der Waals surface area contributed by atoms with Crippen molar-refractivity contribution in [2.75, 3.05) is 0 Å². The number of hydrogen-bond acceptors (Lipinski definition) is 2. The molecular formula is C15H18ClFN2OS. The van der Waals surface area contributed by atoms with Gasteiger partial charge in [-0.2, -0.15) is 0 Å². The number of benzene rings is 1. The molecule has 0 heterocycles. The Balaban J connectivity index is 2.12. The van der Waals surface area contributed by atoms with E-state index in [9.17, 15) is 9.18 Å². The van der Waals surface area contributed by atoms with Crippen LogP contribution in [0.15, 0.2) is 18.2 Å². The Morgan fingerprint density at radius 2 is 2.05 bits per heavy atom. The van der Waals surface area contributed by atoms with Crippen molar-refractivity contribution in [1.29, 1.82) is 0 Å². The summed E-state index contributed by atoms with van der Waals surface area (Å²) in [6.07, 6.45) is 5.45. The summed E-state index contributed by atoms with van der Waals surface area (Å²) in [7, 11) is 0. The highest BCUT2D eigenvalue weighted by molar-refractivity contribution is 7.80. The molecule has 1 aliphatic carbocycles. The monoisotopic (exact) mass is 328 g/mol. The van der Waals surface area contributed by atoms with Crippen molar-refractivity contribution >= 4 is 34.7 Å². The van der Waals surface area contributed by atoms with E-state index >= 15 is 0 Å². The van der Waals surface area contributed by atoms with Crippen molar-refractivity contribution < 1.29 is 9.18 Å². The number of thiocarbonyl (C=S) groups is 1. The molecule has 6 heteroatoms. The van der Waals surface area contributed by atoms with Gasteiger partial charge in [-0.3, -0.25) is 4.79 Å². The molecule has 114 valence electrons. The third-order valence-electron chi connectivity index (χ3n) is 3.89. The zero-order valence-corrected chi connectivity index (χ0v) is 13.1. The lowest BCUT2D eigenvalue weighted by atomic mass is 9.83. The number of rotatable bonds is 4. The summed E-state index contributed by atoms with van der Waals surface area (Å²) in [6, 6.07) is 3.35. The van der Waals surface area contributed by atoms with Crippen LogP contribution in [-0.4, -0.2) is 16.9 Å². The quantitative estimate of drug-likeness (QED) is 0.832. The van der Waals surface area contributed by atoms with Gasteiger partial charge in [0.1, 0.15) is 5.82 Å². The molecule has 1 atom stereocenters. The summed E-state index contributed by atoms with van der Waals surface area (Å²) < 4.78 is 13.0. The summed E-state index contributed by atoms with van der Waals surface area (Å²) in [5, 5.41) is 2.93. The van der Waals surface area contributed by atoms with Crippen LogP contribution in [0.1, 0.15) is 42.5 Å². The minimum Gasteiger partial charge on any atom is -0.392 e. The van der Waals surface area contributed by atoms with Crippen LogP contribution in [0.5, 0.6) is 0 Å². The summed E-state index contributed by atoms with van der Waals surface area (Å²) >= 11 is 11.0. The molecule has 1 aromatic carbocycles. The summed E-state index contributed by atoms with van der Waals surface area (Å²) in [5.74, 6) is -0.586. The van der Waals surface area contributed by atoms with E-state index in [0.29, 0.717) is 0 Å².